The summed E-state index contributed by atoms with van der Waals surface area (Å²) in [6, 6.07) is 9.39. The third-order valence-electron chi connectivity index (χ3n) is 3.92. The van der Waals surface area contributed by atoms with E-state index in [9.17, 15) is 9.18 Å². The first kappa shape index (κ1) is 16.8. The SMILES string of the molecule is Cc1[nH]c2ccc(F)cc2c1CCNC(=O)c1ccc(Cl)c(Cl)c1. The molecule has 1 aromatic heterocycles. The van der Waals surface area contributed by atoms with Crippen LogP contribution in [0.5, 0.6) is 0 Å². The lowest BCUT2D eigenvalue weighted by Gasteiger charge is -2.07. The minimum atomic E-state index is -0.275. The third-order valence-corrected chi connectivity index (χ3v) is 4.66. The molecule has 0 spiro atoms. The van der Waals surface area contributed by atoms with Gasteiger partial charge in [0.2, 0.25) is 0 Å². The van der Waals surface area contributed by atoms with E-state index in [4.69, 9.17) is 23.2 Å². The smallest absolute Gasteiger partial charge is 0.251 e. The molecule has 3 rings (SSSR count). The van der Waals surface area contributed by atoms with E-state index in [-0.39, 0.29) is 11.7 Å². The number of aromatic nitrogens is 1. The summed E-state index contributed by atoms with van der Waals surface area (Å²) in [4.78, 5) is 15.4. The Balaban J connectivity index is 1.70. The number of carbonyl (C=O) groups excluding carboxylic acids is 1. The fourth-order valence-corrected chi connectivity index (χ4v) is 3.02. The van der Waals surface area contributed by atoms with Crippen molar-refractivity contribution >= 4 is 40.0 Å². The van der Waals surface area contributed by atoms with Crippen molar-refractivity contribution in [3.63, 3.8) is 0 Å². The molecule has 0 saturated carbocycles. The molecule has 0 unspecified atom stereocenters. The van der Waals surface area contributed by atoms with Gasteiger partial charge in [0, 0.05) is 28.7 Å². The van der Waals surface area contributed by atoms with Crippen LogP contribution in [-0.2, 0) is 6.42 Å². The molecule has 1 heterocycles. The maximum absolute atomic E-state index is 13.5. The summed E-state index contributed by atoms with van der Waals surface area (Å²) in [6.07, 6.45) is 0.600. The molecule has 6 heteroatoms. The molecular weight excluding hydrogens is 350 g/mol. The first-order valence-electron chi connectivity index (χ1n) is 7.45. The highest BCUT2D eigenvalue weighted by Gasteiger charge is 2.11. The highest BCUT2D eigenvalue weighted by atomic mass is 35.5. The lowest BCUT2D eigenvalue weighted by molar-refractivity contribution is 0.0954. The Kier molecular flexibility index (Phi) is 4.78. The van der Waals surface area contributed by atoms with Gasteiger partial charge in [0.15, 0.2) is 0 Å². The molecule has 124 valence electrons. The minimum absolute atomic E-state index is 0.225. The van der Waals surface area contributed by atoms with Gasteiger partial charge in [-0.3, -0.25) is 4.79 Å². The Morgan fingerprint density at radius 3 is 2.71 bits per heavy atom. The molecule has 2 N–H and O–H groups in total. The Hall–Kier alpha value is -2.04. The van der Waals surface area contributed by atoms with Crippen molar-refractivity contribution < 1.29 is 9.18 Å². The largest absolute Gasteiger partial charge is 0.358 e. The molecule has 0 atom stereocenters. The molecule has 2 aromatic carbocycles. The minimum Gasteiger partial charge on any atom is -0.358 e. The second-order valence-corrected chi connectivity index (χ2v) is 6.37. The van der Waals surface area contributed by atoms with Gasteiger partial charge in [-0.2, -0.15) is 0 Å². The van der Waals surface area contributed by atoms with E-state index in [1.165, 1.54) is 18.2 Å². The van der Waals surface area contributed by atoms with Crippen LogP contribution in [-0.4, -0.2) is 17.4 Å². The molecule has 0 aliphatic carbocycles. The number of hydrogen-bond acceptors (Lipinski definition) is 1. The van der Waals surface area contributed by atoms with Crippen LogP contribution in [0.1, 0.15) is 21.6 Å². The highest BCUT2D eigenvalue weighted by Crippen LogP contribution is 2.24. The lowest BCUT2D eigenvalue weighted by atomic mass is 10.1. The van der Waals surface area contributed by atoms with Gasteiger partial charge in [0.1, 0.15) is 5.82 Å². The number of rotatable bonds is 4. The van der Waals surface area contributed by atoms with E-state index >= 15 is 0 Å². The summed E-state index contributed by atoms with van der Waals surface area (Å²) in [5.41, 5.74) is 3.31. The van der Waals surface area contributed by atoms with E-state index < -0.39 is 0 Å². The van der Waals surface area contributed by atoms with Crippen molar-refractivity contribution in [2.75, 3.05) is 6.54 Å². The number of nitrogens with one attached hydrogen (secondary N) is 2. The van der Waals surface area contributed by atoms with Crippen LogP contribution in [0, 0.1) is 12.7 Å². The van der Waals surface area contributed by atoms with Gasteiger partial charge in [-0.25, -0.2) is 4.39 Å². The van der Waals surface area contributed by atoms with Gasteiger partial charge in [0.05, 0.1) is 10.0 Å². The van der Waals surface area contributed by atoms with Crippen molar-refractivity contribution in [1.82, 2.24) is 10.3 Å². The second-order valence-electron chi connectivity index (χ2n) is 5.55. The number of carbonyl (C=O) groups is 1. The zero-order valence-corrected chi connectivity index (χ0v) is 14.4. The van der Waals surface area contributed by atoms with Gasteiger partial charge < -0.3 is 10.3 Å². The molecule has 0 bridgehead atoms. The Morgan fingerprint density at radius 1 is 1.17 bits per heavy atom. The first-order valence-corrected chi connectivity index (χ1v) is 8.21. The van der Waals surface area contributed by atoms with Gasteiger partial charge in [-0.1, -0.05) is 23.2 Å². The summed E-state index contributed by atoms with van der Waals surface area (Å²) in [5.74, 6) is -0.500. The van der Waals surface area contributed by atoms with Crippen molar-refractivity contribution in [3.8, 4) is 0 Å². The molecular formula is C18H15Cl2FN2O. The van der Waals surface area contributed by atoms with Crippen LogP contribution in [0.3, 0.4) is 0 Å². The van der Waals surface area contributed by atoms with Gasteiger partial charge in [-0.05, 0) is 55.3 Å². The zero-order valence-electron chi connectivity index (χ0n) is 12.9. The molecule has 3 nitrogen and oxygen atoms in total. The van der Waals surface area contributed by atoms with Crippen LogP contribution in [0.15, 0.2) is 36.4 Å². The van der Waals surface area contributed by atoms with Gasteiger partial charge >= 0.3 is 0 Å². The Bertz CT molecular complexity index is 921. The van der Waals surface area contributed by atoms with Crippen LogP contribution in [0.4, 0.5) is 4.39 Å². The monoisotopic (exact) mass is 364 g/mol. The molecule has 3 aromatic rings. The fraction of sp³-hybridized carbons (Fsp3) is 0.167. The predicted octanol–water partition coefficient (Wildman–Crippen LogP) is 4.89. The number of aryl methyl sites for hydroxylation is 1. The first-order chi connectivity index (χ1) is 11.5. The van der Waals surface area contributed by atoms with E-state index in [0.29, 0.717) is 28.6 Å². The summed E-state index contributed by atoms with van der Waals surface area (Å²) in [7, 11) is 0. The van der Waals surface area contributed by atoms with Crippen molar-refractivity contribution in [2.45, 2.75) is 13.3 Å². The highest BCUT2D eigenvalue weighted by molar-refractivity contribution is 6.42. The number of H-pyrrole nitrogens is 1. The number of amides is 1. The maximum atomic E-state index is 13.5. The molecule has 0 saturated heterocycles. The van der Waals surface area contributed by atoms with E-state index in [0.717, 1.165) is 22.2 Å². The van der Waals surface area contributed by atoms with E-state index in [1.807, 2.05) is 6.92 Å². The lowest BCUT2D eigenvalue weighted by Crippen LogP contribution is -2.25. The maximum Gasteiger partial charge on any atom is 0.251 e. The summed E-state index contributed by atoms with van der Waals surface area (Å²) < 4.78 is 13.5. The number of fused-ring (bicyclic) bond motifs is 1. The normalized spacial score (nSPS) is 11.0. The predicted molar refractivity (Wildman–Crippen MR) is 95.5 cm³/mol. The van der Waals surface area contributed by atoms with Crippen molar-refractivity contribution in [3.05, 3.63) is 69.1 Å². The fourth-order valence-electron chi connectivity index (χ4n) is 2.72. The molecule has 0 aliphatic heterocycles. The number of benzene rings is 2. The second kappa shape index (κ2) is 6.83. The molecule has 0 radical (unpaired) electrons. The van der Waals surface area contributed by atoms with Gasteiger partial charge in [0.25, 0.3) is 5.91 Å². The van der Waals surface area contributed by atoms with E-state index in [2.05, 4.69) is 10.3 Å². The molecule has 24 heavy (non-hydrogen) atoms. The van der Waals surface area contributed by atoms with Crippen LogP contribution in [0.25, 0.3) is 10.9 Å². The average Bonchev–Trinajstić information content (AvgIpc) is 2.85. The summed E-state index contributed by atoms with van der Waals surface area (Å²) in [5, 5.41) is 4.43. The summed E-state index contributed by atoms with van der Waals surface area (Å²) >= 11 is 11.8. The van der Waals surface area contributed by atoms with Crippen molar-refractivity contribution in [1.29, 1.82) is 0 Å². The van der Waals surface area contributed by atoms with Crippen LogP contribution in [0.2, 0.25) is 10.0 Å². The summed E-state index contributed by atoms with van der Waals surface area (Å²) in [6.45, 7) is 2.37. The Labute approximate surface area is 148 Å². The molecule has 0 fully saturated rings. The van der Waals surface area contributed by atoms with Crippen LogP contribution < -0.4 is 5.32 Å². The van der Waals surface area contributed by atoms with Crippen molar-refractivity contribution in [2.24, 2.45) is 0 Å². The van der Waals surface area contributed by atoms with Gasteiger partial charge in [-0.15, -0.1) is 0 Å². The quantitative estimate of drug-likeness (QED) is 0.679. The van der Waals surface area contributed by atoms with Crippen LogP contribution >= 0.6 is 23.2 Å². The standard InChI is InChI=1S/C18H15Cl2FN2O/c1-10-13(14-9-12(21)3-5-17(14)23-10)6-7-22-18(24)11-2-4-15(19)16(20)8-11/h2-5,8-9,23H,6-7H2,1H3,(H,22,24). The number of halogens is 3. The van der Waals surface area contributed by atoms with E-state index in [1.54, 1.807) is 18.2 Å². The number of hydrogen-bond donors (Lipinski definition) is 2. The molecule has 1 amide bonds. The molecule has 0 aliphatic rings. The number of aromatic amines is 1. The average molecular weight is 365 g/mol. The topological polar surface area (TPSA) is 44.9 Å². The third kappa shape index (κ3) is 3.40. The Morgan fingerprint density at radius 2 is 1.96 bits per heavy atom. The zero-order chi connectivity index (χ0) is 17.3.